The van der Waals surface area contributed by atoms with E-state index in [4.69, 9.17) is 0 Å². The zero-order valence-corrected chi connectivity index (χ0v) is 15.2. The lowest BCUT2D eigenvalue weighted by atomic mass is 10.2. The van der Waals surface area contributed by atoms with Gasteiger partial charge in [-0.3, -0.25) is 19.8 Å². The first-order valence-corrected chi connectivity index (χ1v) is 9.00. The molecule has 0 aliphatic heterocycles. The largest absolute Gasteiger partial charge is 0.309 e. The smallest absolute Gasteiger partial charge is 0.269 e. The van der Waals surface area contributed by atoms with E-state index >= 15 is 0 Å². The summed E-state index contributed by atoms with van der Waals surface area (Å²) in [6.07, 6.45) is 2.07. The van der Waals surface area contributed by atoms with Crippen molar-refractivity contribution in [3.05, 3.63) is 80.4 Å². The molecule has 0 aliphatic carbocycles. The molecular weight excluding hydrogens is 344 g/mol. The summed E-state index contributed by atoms with van der Waals surface area (Å²) >= 11 is 0. The van der Waals surface area contributed by atoms with Gasteiger partial charge in [-0.05, 0) is 30.7 Å². The molecule has 7 nitrogen and oxygen atoms in total. The molecule has 0 spiro atoms. The van der Waals surface area contributed by atoms with Gasteiger partial charge in [-0.1, -0.05) is 37.6 Å². The second-order valence-electron chi connectivity index (χ2n) is 6.52. The Kier molecular flexibility index (Phi) is 5.93. The molecule has 0 aliphatic rings. The average molecular weight is 366 g/mol. The van der Waals surface area contributed by atoms with Crippen molar-refractivity contribution >= 4 is 16.6 Å². The van der Waals surface area contributed by atoms with Crippen molar-refractivity contribution in [1.29, 1.82) is 0 Å². The van der Waals surface area contributed by atoms with E-state index in [1.807, 2.05) is 18.2 Å². The number of hydrogen-bond acceptors (Lipinski definition) is 5. The summed E-state index contributed by atoms with van der Waals surface area (Å²) in [5.74, 6) is 0.622. The van der Waals surface area contributed by atoms with E-state index in [1.165, 1.54) is 12.1 Å². The number of non-ortho nitro benzene ring substituents is 1. The number of benzene rings is 2. The number of nitrogens with zero attached hydrogens (tertiary/aromatic N) is 3. The van der Waals surface area contributed by atoms with Crippen LogP contribution in [0.5, 0.6) is 0 Å². The maximum Gasteiger partial charge on any atom is 0.269 e. The van der Waals surface area contributed by atoms with Crippen molar-refractivity contribution in [2.45, 2.75) is 32.9 Å². The third-order valence-electron chi connectivity index (χ3n) is 4.42. The molecule has 2 aromatic carbocycles. The minimum Gasteiger partial charge on any atom is -0.309 e. The molecule has 0 amide bonds. The van der Waals surface area contributed by atoms with Gasteiger partial charge in [-0.15, -0.1) is 0 Å². The van der Waals surface area contributed by atoms with Crippen LogP contribution >= 0.6 is 0 Å². The van der Waals surface area contributed by atoms with Crippen LogP contribution in [0.25, 0.3) is 10.9 Å². The van der Waals surface area contributed by atoms with Crippen LogP contribution in [-0.4, -0.2) is 26.3 Å². The Balaban J connectivity index is 1.80. The summed E-state index contributed by atoms with van der Waals surface area (Å²) < 4.78 is 0. The SMILES string of the molecule is CCCCN(Cc1ccc([N+](=O)[O-])cc1)Cc1nc2ccccc2c(=O)[nH]1. The minimum atomic E-state index is -0.400. The fourth-order valence-corrected chi connectivity index (χ4v) is 3.00. The van der Waals surface area contributed by atoms with E-state index in [-0.39, 0.29) is 11.2 Å². The number of nitrogens with one attached hydrogen (secondary N) is 1. The number of nitro benzene ring substituents is 1. The zero-order valence-electron chi connectivity index (χ0n) is 15.2. The van der Waals surface area contributed by atoms with Crippen molar-refractivity contribution in [2.75, 3.05) is 6.54 Å². The van der Waals surface area contributed by atoms with Crippen LogP contribution in [0.3, 0.4) is 0 Å². The van der Waals surface area contributed by atoms with Gasteiger partial charge in [0.25, 0.3) is 11.2 Å². The van der Waals surface area contributed by atoms with E-state index in [2.05, 4.69) is 21.8 Å². The molecule has 0 bridgehead atoms. The Morgan fingerprint density at radius 2 is 1.85 bits per heavy atom. The molecule has 3 aromatic rings. The molecular formula is C20H22N4O3. The molecule has 140 valence electrons. The second-order valence-corrected chi connectivity index (χ2v) is 6.52. The standard InChI is InChI=1S/C20H22N4O3/c1-2-3-12-23(13-15-8-10-16(11-9-15)24(26)27)14-19-21-18-7-5-4-6-17(18)20(25)22-19/h4-11H,2-3,12-14H2,1H3,(H,21,22,25). The lowest BCUT2D eigenvalue weighted by molar-refractivity contribution is -0.384. The third-order valence-corrected chi connectivity index (χ3v) is 4.42. The van der Waals surface area contributed by atoms with E-state index in [0.29, 0.717) is 29.8 Å². The van der Waals surface area contributed by atoms with Crippen molar-refractivity contribution in [1.82, 2.24) is 14.9 Å². The first-order valence-electron chi connectivity index (χ1n) is 9.00. The van der Waals surface area contributed by atoms with Gasteiger partial charge in [-0.25, -0.2) is 4.98 Å². The van der Waals surface area contributed by atoms with Gasteiger partial charge in [0.1, 0.15) is 5.82 Å². The molecule has 0 fully saturated rings. The fraction of sp³-hybridized carbons (Fsp3) is 0.300. The van der Waals surface area contributed by atoms with E-state index in [9.17, 15) is 14.9 Å². The summed E-state index contributed by atoms with van der Waals surface area (Å²) in [6, 6.07) is 13.9. The van der Waals surface area contributed by atoms with Gasteiger partial charge < -0.3 is 4.98 Å². The molecule has 0 saturated carbocycles. The Morgan fingerprint density at radius 3 is 2.56 bits per heavy atom. The molecule has 0 unspecified atom stereocenters. The highest BCUT2D eigenvalue weighted by Crippen LogP contribution is 2.15. The first-order chi connectivity index (χ1) is 13.1. The summed E-state index contributed by atoms with van der Waals surface area (Å²) in [4.78, 5) is 32.3. The van der Waals surface area contributed by atoms with Gasteiger partial charge >= 0.3 is 0 Å². The fourth-order valence-electron chi connectivity index (χ4n) is 3.00. The van der Waals surface area contributed by atoms with Crippen molar-refractivity contribution < 1.29 is 4.92 Å². The van der Waals surface area contributed by atoms with Crippen LogP contribution in [0.4, 0.5) is 5.69 Å². The zero-order chi connectivity index (χ0) is 19.2. The Morgan fingerprint density at radius 1 is 1.11 bits per heavy atom. The van der Waals surface area contributed by atoms with Gasteiger partial charge in [0.2, 0.25) is 0 Å². The first kappa shape index (κ1) is 18.7. The van der Waals surface area contributed by atoms with E-state index in [0.717, 1.165) is 24.9 Å². The summed E-state index contributed by atoms with van der Waals surface area (Å²) in [5, 5.41) is 11.4. The molecule has 1 heterocycles. The predicted octanol–water partition coefficient (Wildman–Crippen LogP) is 3.63. The Hall–Kier alpha value is -3.06. The number of para-hydroxylation sites is 1. The number of aromatic amines is 1. The molecule has 0 saturated heterocycles. The Bertz CT molecular complexity index is 982. The monoisotopic (exact) mass is 366 g/mol. The molecule has 1 N–H and O–H groups in total. The normalized spacial score (nSPS) is 11.2. The van der Waals surface area contributed by atoms with Crippen LogP contribution in [0, 0.1) is 10.1 Å². The summed E-state index contributed by atoms with van der Waals surface area (Å²) in [7, 11) is 0. The summed E-state index contributed by atoms with van der Waals surface area (Å²) in [5.41, 5.74) is 1.61. The highest BCUT2D eigenvalue weighted by molar-refractivity contribution is 5.77. The number of rotatable bonds is 8. The van der Waals surface area contributed by atoms with Crippen LogP contribution in [0.1, 0.15) is 31.2 Å². The number of H-pyrrole nitrogens is 1. The van der Waals surface area contributed by atoms with Gasteiger partial charge in [0.05, 0.1) is 22.4 Å². The minimum absolute atomic E-state index is 0.0828. The maximum absolute atomic E-state index is 12.3. The highest BCUT2D eigenvalue weighted by atomic mass is 16.6. The number of unbranched alkanes of at least 4 members (excludes halogenated alkanes) is 1. The lowest BCUT2D eigenvalue weighted by Crippen LogP contribution is -2.26. The van der Waals surface area contributed by atoms with Crippen molar-refractivity contribution in [2.24, 2.45) is 0 Å². The Labute approximate surface area is 156 Å². The molecule has 1 aromatic heterocycles. The quantitative estimate of drug-likeness (QED) is 0.485. The molecule has 0 atom stereocenters. The van der Waals surface area contributed by atoms with E-state index < -0.39 is 4.92 Å². The van der Waals surface area contributed by atoms with Gasteiger partial charge in [-0.2, -0.15) is 0 Å². The molecule has 27 heavy (non-hydrogen) atoms. The number of nitro groups is 1. The van der Waals surface area contributed by atoms with Crippen LogP contribution in [0.15, 0.2) is 53.3 Å². The molecule has 3 rings (SSSR count). The topological polar surface area (TPSA) is 92.1 Å². The third kappa shape index (κ3) is 4.77. The number of aromatic nitrogens is 2. The average Bonchev–Trinajstić information content (AvgIpc) is 2.66. The van der Waals surface area contributed by atoms with E-state index in [1.54, 1.807) is 18.2 Å². The highest BCUT2D eigenvalue weighted by Gasteiger charge is 2.11. The number of fused-ring (bicyclic) bond motifs is 1. The van der Waals surface area contributed by atoms with Crippen LogP contribution in [0.2, 0.25) is 0 Å². The predicted molar refractivity (Wildman–Crippen MR) is 104 cm³/mol. The van der Waals surface area contributed by atoms with Crippen molar-refractivity contribution in [3.8, 4) is 0 Å². The lowest BCUT2D eigenvalue weighted by Gasteiger charge is -2.21. The van der Waals surface area contributed by atoms with Crippen LogP contribution < -0.4 is 5.56 Å². The maximum atomic E-state index is 12.3. The van der Waals surface area contributed by atoms with Crippen LogP contribution in [-0.2, 0) is 13.1 Å². The van der Waals surface area contributed by atoms with Crippen molar-refractivity contribution in [3.63, 3.8) is 0 Å². The second kappa shape index (κ2) is 8.55. The number of hydrogen-bond donors (Lipinski definition) is 1. The molecule has 0 radical (unpaired) electrons. The molecule has 7 heteroatoms. The van der Waals surface area contributed by atoms with Gasteiger partial charge in [0, 0.05) is 18.7 Å². The van der Waals surface area contributed by atoms with Gasteiger partial charge in [0.15, 0.2) is 0 Å². The summed E-state index contributed by atoms with van der Waals surface area (Å²) in [6.45, 7) is 4.12.